The van der Waals surface area contributed by atoms with Gasteiger partial charge in [-0.05, 0) is 49.2 Å². The molecule has 0 atom stereocenters. The smallest absolute Gasteiger partial charge is 0.250 e. The van der Waals surface area contributed by atoms with E-state index in [0.29, 0.717) is 37.3 Å². The lowest BCUT2D eigenvalue weighted by atomic mass is 9.93. The van der Waals surface area contributed by atoms with Crippen molar-refractivity contribution in [1.29, 1.82) is 0 Å². The topological polar surface area (TPSA) is 106 Å². The summed E-state index contributed by atoms with van der Waals surface area (Å²) < 4.78 is 34.5. The standard InChI is InChI=1S/C27H28ClN7O3S/c28-22-4-2-20(3-5-22)24-18-25(35(32-24)27-29-10-1-11-30-27)21-8-12-33(13-9-21)26-7-6-23(19-31-26)39(36,37)34-14-16-38-17-15-34/h1-7,10-11,18-19,21H,8-9,12-17H2. The van der Waals surface area contributed by atoms with Gasteiger partial charge in [0.1, 0.15) is 10.7 Å². The van der Waals surface area contributed by atoms with E-state index in [1.165, 1.54) is 10.5 Å². The molecule has 2 aliphatic rings. The summed E-state index contributed by atoms with van der Waals surface area (Å²) in [4.78, 5) is 15.8. The van der Waals surface area contributed by atoms with Gasteiger partial charge < -0.3 is 9.64 Å². The first-order chi connectivity index (χ1) is 19.0. The third-order valence-corrected chi connectivity index (χ3v) is 9.32. The van der Waals surface area contributed by atoms with E-state index < -0.39 is 10.0 Å². The Kier molecular flexibility index (Phi) is 7.30. The Bertz CT molecular complexity index is 1520. The second kappa shape index (κ2) is 11.0. The van der Waals surface area contributed by atoms with Crippen LogP contribution < -0.4 is 4.90 Å². The zero-order valence-electron chi connectivity index (χ0n) is 21.2. The normalized spacial score (nSPS) is 17.4. The molecule has 2 aliphatic heterocycles. The molecule has 0 spiro atoms. The fraction of sp³-hybridized carbons (Fsp3) is 0.333. The van der Waals surface area contributed by atoms with Crippen molar-refractivity contribution in [2.24, 2.45) is 0 Å². The van der Waals surface area contributed by atoms with E-state index in [4.69, 9.17) is 21.4 Å². The zero-order chi connectivity index (χ0) is 26.8. The van der Waals surface area contributed by atoms with Gasteiger partial charge in [-0.1, -0.05) is 23.7 Å². The number of sulfonamides is 1. The highest BCUT2D eigenvalue weighted by Gasteiger charge is 2.29. The highest BCUT2D eigenvalue weighted by molar-refractivity contribution is 7.89. The summed E-state index contributed by atoms with van der Waals surface area (Å²) in [5.41, 5.74) is 2.88. The Labute approximate surface area is 232 Å². The van der Waals surface area contributed by atoms with Crippen molar-refractivity contribution >= 4 is 27.4 Å². The van der Waals surface area contributed by atoms with Gasteiger partial charge in [0.2, 0.25) is 10.0 Å². The summed E-state index contributed by atoms with van der Waals surface area (Å²) >= 11 is 6.09. The van der Waals surface area contributed by atoms with Gasteiger partial charge in [0.05, 0.1) is 24.6 Å². The van der Waals surface area contributed by atoms with Crippen molar-refractivity contribution in [1.82, 2.24) is 29.0 Å². The number of aromatic nitrogens is 5. The summed E-state index contributed by atoms with van der Waals surface area (Å²) in [6, 6.07) is 15.0. The van der Waals surface area contributed by atoms with Crippen LogP contribution in [0.25, 0.3) is 17.2 Å². The van der Waals surface area contributed by atoms with Crippen LogP contribution in [0.5, 0.6) is 0 Å². The molecule has 12 heteroatoms. The summed E-state index contributed by atoms with van der Waals surface area (Å²) in [6.45, 7) is 3.12. The van der Waals surface area contributed by atoms with E-state index in [-0.39, 0.29) is 10.8 Å². The molecule has 0 aliphatic carbocycles. The third-order valence-electron chi connectivity index (χ3n) is 7.18. The molecule has 39 heavy (non-hydrogen) atoms. The van der Waals surface area contributed by atoms with Gasteiger partial charge in [-0.2, -0.15) is 9.40 Å². The number of benzene rings is 1. The molecule has 1 aromatic carbocycles. The minimum atomic E-state index is -3.57. The lowest BCUT2D eigenvalue weighted by Crippen LogP contribution is -2.40. The highest BCUT2D eigenvalue weighted by Crippen LogP contribution is 2.34. The van der Waals surface area contributed by atoms with Crippen LogP contribution in [0.1, 0.15) is 24.5 Å². The maximum Gasteiger partial charge on any atom is 0.250 e. The molecular formula is C27H28ClN7O3S. The zero-order valence-corrected chi connectivity index (χ0v) is 22.8. The van der Waals surface area contributed by atoms with Crippen LogP contribution in [0.3, 0.4) is 0 Å². The molecular weight excluding hydrogens is 538 g/mol. The number of nitrogens with zero attached hydrogens (tertiary/aromatic N) is 7. The Morgan fingerprint density at radius 2 is 1.62 bits per heavy atom. The monoisotopic (exact) mass is 565 g/mol. The van der Waals surface area contributed by atoms with Gasteiger partial charge in [-0.3, -0.25) is 0 Å². The predicted molar refractivity (Wildman–Crippen MR) is 148 cm³/mol. The Morgan fingerprint density at radius 3 is 2.28 bits per heavy atom. The molecule has 0 unspecified atom stereocenters. The van der Waals surface area contributed by atoms with E-state index in [9.17, 15) is 8.42 Å². The number of rotatable bonds is 6. The lowest BCUT2D eigenvalue weighted by molar-refractivity contribution is 0.0730. The van der Waals surface area contributed by atoms with Gasteiger partial charge in [-0.25, -0.2) is 28.1 Å². The Hall–Kier alpha value is -3.38. The molecule has 4 aromatic rings. The minimum Gasteiger partial charge on any atom is -0.379 e. The number of hydrogen-bond acceptors (Lipinski definition) is 8. The molecule has 2 fully saturated rings. The molecule has 2 saturated heterocycles. The molecule has 0 amide bonds. The maximum absolute atomic E-state index is 12.9. The van der Waals surface area contributed by atoms with Crippen LogP contribution in [0.15, 0.2) is 72.0 Å². The molecule has 202 valence electrons. The van der Waals surface area contributed by atoms with E-state index in [2.05, 4.69) is 25.9 Å². The van der Waals surface area contributed by atoms with Crippen molar-refractivity contribution in [2.75, 3.05) is 44.3 Å². The first-order valence-corrected chi connectivity index (χ1v) is 14.7. The fourth-order valence-electron chi connectivity index (χ4n) is 5.06. The number of halogens is 1. The van der Waals surface area contributed by atoms with Crippen LogP contribution in [0.4, 0.5) is 5.82 Å². The number of hydrogen-bond donors (Lipinski definition) is 0. The predicted octanol–water partition coefficient (Wildman–Crippen LogP) is 3.78. The van der Waals surface area contributed by atoms with E-state index in [1.54, 1.807) is 30.6 Å². The quantitative estimate of drug-likeness (QED) is 0.348. The number of anilines is 1. The third kappa shape index (κ3) is 5.40. The van der Waals surface area contributed by atoms with Crippen molar-refractivity contribution in [3.63, 3.8) is 0 Å². The van der Waals surface area contributed by atoms with E-state index in [0.717, 1.165) is 48.7 Å². The fourth-order valence-corrected chi connectivity index (χ4v) is 6.54. The Morgan fingerprint density at radius 1 is 0.897 bits per heavy atom. The van der Waals surface area contributed by atoms with Crippen molar-refractivity contribution in [3.05, 3.63) is 77.8 Å². The molecule has 3 aromatic heterocycles. The molecule has 5 heterocycles. The van der Waals surface area contributed by atoms with Gasteiger partial charge in [0.25, 0.3) is 5.95 Å². The Balaban J connectivity index is 1.19. The minimum absolute atomic E-state index is 0.213. The summed E-state index contributed by atoms with van der Waals surface area (Å²) in [5, 5.41) is 5.54. The van der Waals surface area contributed by atoms with Crippen LogP contribution >= 0.6 is 11.6 Å². The summed E-state index contributed by atoms with van der Waals surface area (Å²) in [5.74, 6) is 1.56. The van der Waals surface area contributed by atoms with Crippen molar-refractivity contribution < 1.29 is 13.2 Å². The summed E-state index contributed by atoms with van der Waals surface area (Å²) in [6.07, 6.45) is 6.66. The average Bonchev–Trinajstić information content (AvgIpc) is 3.44. The number of ether oxygens (including phenoxy) is 1. The lowest BCUT2D eigenvalue weighted by Gasteiger charge is -2.33. The molecule has 6 rings (SSSR count). The number of morpholine rings is 1. The number of piperidine rings is 1. The molecule has 0 bridgehead atoms. The van der Waals surface area contributed by atoms with Gasteiger partial charge >= 0.3 is 0 Å². The van der Waals surface area contributed by atoms with Gasteiger partial charge in [0, 0.05) is 61.3 Å². The van der Waals surface area contributed by atoms with Crippen molar-refractivity contribution in [2.45, 2.75) is 23.7 Å². The second-order valence-electron chi connectivity index (χ2n) is 9.55. The van der Waals surface area contributed by atoms with Crippen LogP contribution in [0.2, 0.25) is 5.02 Å². The van der Waals surface area contributed by atoms with Gasteiger partial charge in [-0.15, -0.1) is 0 Å². The molecule has 10 nitrogen and oxygen atoms in total. The van der Waals surface area contributed by atoms with Gasteiger partial charge in [0.15, 0.2) is 0 Å². The summed E-state index contributed by atoms with van der Waals surface area (Å²) in [7, 11) is -3.57. The second-order valence-corrected chi connectivity index (χ2v) is 11.9. The highest BCUT2D eigenvalue weighted by atomic mass is 35.5. The van der Waals surface area contributed by atoms with Crippen molar-refractivity contribution in [3.8, 4) is 17.2 Å². The molecule has 0 N–H and O–H groups in total. The average molecular weight is 566 g/mol. The van der Waals surface area contributed by atoms with Crippen LogP contribution in [0, 0.1) is 0 Å². The molecule has 0 radical (unpaired) electrons. The largest absolute Gasteiger partial charge is 0.379 e. The SMILES string of the molecule is O=S(=O)(c1ccc(N2CCC(c3cc(-c4ccc(Cl)cc4)nn3-c3ncccn3)CC2)nc1)N1CCOCC1. The first kappa shape index (κ1) is 25.9. The van der Waals surface area contributed by atoms with E-state index in [1.807, 2.05) is 28.9 Å². The maximum atomic E-state index is 12.9. The van der Waals surface area contributed by atoms with Crippen LogP contribution in [-0.2, 0) is 14.8 Å². The van der Waals surface area contributed by atoms with E-state index >= 15 is 0 Å². The first-order valence-electron chi connectivity index (χ1n) is 12.9. The number of pyridine rings is 1. The van der Waals surface area contributed by atoms with Crippen LogP contribution in [-0.4, -0.2) is 76.8 Å². The molecule has 0 saturated carbocycles.